The van der Waals surface area contributed by atoms with E-state index in [4.69, 9.17) is 0 Å². The van der Waals surface area contributed by atoms with Crippen LogP contribution in [-0.2, 0) is 4.79 Å². The average molecular weight is 289 g/mol. The minimum Gasteiger partial charge on any atom is -0.382 e. The van der Waals surface area contributed by atoms with Gasteiger partial charge in [-0.25, -0.2) is 0 Å². The summed E-state index contributed by atoms with van der Waals surface area (Å²) in [6.45, 7) is 9.81. The van der Waals surface area contributed by atoms with Gasteiger partial charge in [-0.3, -0.25) is 4.79 Å². The Bertz CT molecular complexity index is 446. The Morgan fingerprint density at radius 2 is 1.76 bits per heavy atom. The van der Waals surface area contributed by atoms with Crippen LogP contribution in [0.5, 0.6) is 0 Å². The maximum absolute atomic E-state index is 11.3. The van der Waals surface area contributed by atoms with E-state index in [-0.39, 0.29) is 5.91 Å². The molecule has 21 heavy (non-hydrogen) atoms. The lowest BCUT2D eigenvalue weighted by atomic mass is 10.0. The van der Waals surface area contributed by atoms with Gasteiger partial charge in [0.1, 0.15) is 0 Å². The van der Waals surface area contributed by atoms with Crippen LogP contribution in [0.15, 0.2) is 24.3 Å². The number of hydrogen-bond donors (Lipinski definition) is 1. The van der Waals surface area contributed by atoms with E-state index in [2.05, 4.69) is 48.3 Å². The van der Waals surface area contributed by atoms with Gasteiger partial charge in [-0.05, 0) is 51.0 Å². The molecule has 0 radical (unpaired) electrons. The average Bonchev–Trinajstić information content (AvgIpc) is 2.51. The van der Waals surface area contributed by atoms with Gasteiger partial charge >= 0.3 is 0 Å². The minimum absolute atomic E-state index is 0.192. The number of nitrogens with one attached hydrogen (secondary N) is 1. The lowest BCUT2D eigenvalue weighted by Gasteiger charge is -2.32. The normalized spacial score (nSPS) is 15.9. The van der Waals surface area contributed by atoms with Crippen molar-refractivity contribution in [1.29, 1.82) is 0 Å². The maximum atomic E-state index is 11.3. The van der Waals surface area contributed by atoms with Crippen molar-refractivity contribution in [3.8, 4) is 0 Å². The number of piperidine rings is 1. The van der Waals surface area contributed by atoms with Crippen molar-refractivity contribution in [2.75, 3.05) is 36.4 Å². The van der Waals surface area contributed by atoms with E-state index in [9.17, 15) is 4.79 Å². The van der Waals surface area contributed by atoms with Gasteiger partial charge in [-0.1, -0.05) is 0 Å². The van der Waals surface area contributed by atoms with Crippen molar-refractivity contribution in [2.24, 2.45) is 0 Å². The zero-order chi connectivity index (χ0) is 15.2. The van der Waals surface area contributed by atoms with Gasteiger partial charge < -0.3 is 15.1 Å². The van der Waals surface area contributed by atoms with Crippen LogP contribution in [0, 0.1) is 0 Å². The van der Waals surface area contributed by atoms with Crippen molar-refractivity contribution in [3.63, 3.8) is 0 Å². The van der Waals surface area contributed by atoms with Crippen LogP contribution in [0.3, 0.4) is 0 Å². The van der Waals surface area contributed by atoms with E-state index >= 15 is 0 Å². The number of nitrogens with zero attached hydrogens (tertiary/aromatic N) is 2. The molecule has 4 heteroatoms. The molecule has 0 aliphatic carbocycles. The molecule has 0 atom stereocenters. The standard InChI is InChI=1S/C17H27N3O/c1-4-19(5-2)17-8-6-15(7-9-17)18-16-10-12-20(13-11-16)14(3)21/h6-9,16,18H,4-5,10-13H2,1-3H3. The van der Waals surface area contributed by atoms with Crippen molar-refractivity contribution in [1.82, 2.24) is 4.90 Å². The van der Waals surface area contributed by atoms with E-state index in [0.29, 0.717) is 6.04 Å². The molecular weight excluding hydrogens is 262 g/mol. The Kier molecular flexibility index (Phi) is 5.48. The van der Waals surface area contributed by atoms with Gasteiger partial charge in [0.25, 0.3) is 0 Å². The first-order valence-electron chi connectivity index (χ1n) is 8.01. The van der Waals surface area contributed by atoms with Crippen LogP contribution >= 0.6 is 0 Å². The molecule has 1 aromatic carbocycles. The summed E-state index contributed by atoms with van der Waals surface area (Å²) in [6.07, 6.45) is 2.05. The fraction of sp³-hybridized carbons (Fsp3) is 0.588. The highest BCUT2D eigenvalue weighted by molar-refractivity contribution is 5.73. The largest absolute Gasteiger partial charge is 0.382 e. The van der Waals surface area contributed by atoms with Crippen LogP contribution in [-0.4, -0.2) is 43.0 Å². The topological polar surface area (TPSA) is 35.6 Å². The van der Waals surface area contributed by atoms with Gasteiger partial charge in [0.2, 0.25) is 5.91 Å². The highest BCUT2D eigenvalue weighted by atomic mass is 16.2. The number of amides is 1. The van der Waals surface area contributed by atoms with E-state index in [1.54, 1.807) is 6.92 Å². The molecule has 4 nitrogen and oxygen atoms in total. The summed E-state index contributed by atoms with van der Waals surface area (Å²) in [7, 11) is 0. The molecule has 0 spiro atoms. The fourth-order valence-electron chi connectivity index (χ4n) is 2.93. The molecule has 1 fully saturated rings. The van der Waals surface area contributed by atoms with Crippen LogP contribution in [0.25, 0.3) is 0 Å². The Hall–Kier alpha value is -1.71. The van der Waals surface area contributed by atoms with Crippen LogP contribution in [0.4, 0.5) is 11.4 Å². The van der Waals surface area contributed by atoms with Gasteiger partial charge in [0.15, 0.2) is 0 Å². The quantitative estimate of drug-likeness (QED) is 0.905. The molecule has 1 heterocycles. The highest BCUT2D eigenvalue weighted by Gasteiger charge is 2.20. The smallest absolute Gasteiger partial charge is 0.219 e. The van der Waals surface area contributed by atoms with Crippen molar-refractivity contribution in [3.05, 3.63) is 24.3 Å². The second-order valence-corrected chi connectivity index (χ2v) is 5.64. The number of rotatable bonds is 5. The zero-order valence-electron chi connectivity index (χ0n) is 13.4. The number of carbonyl (C=O) groups excluding carboxylic acids is 1. The predicted octanol–water partition coefficient (Wildman–Crippen LogP) is 2.96. The molecule has 1 aliphatic rings. The van der Waals surface area contributed by atoms with Crippen LogP contribution in [0.2, 0.25) is 0 Å². The third-order valence-corrected chi connectivity index (χ3v) is 4.31. The number of carbonyl (C=O) groups is 1. The summed E-state index contributed by atoms with van der Waals surface area (Å²) in [5, 5.41) is 3.59. The monoisotopic (exact) mass is 289 g/mol. The second kappa shape index (κ2) is 7.34. The summed E-state index contributed by atoms with van der Waals surface area (Å²) in [6, 6.07) is 9.15. The van der Waals surface area contributed by atoms with E-state index in [0.717, 1.165) is 39.0 Å². The molecular formula is C17H27N3O. The molecule has 1 aromatic rings. The molecule has 1 aliphatic heterocycles. The summed E-state index contributed by atoms with van der Waals surface area (Å²) in [5.74, 6) is 0.192. The second-order valence-electron chi connectivity index (χ2n) is 5.64. The first kappa shape index (κ1) is 15.7. The van der Waals surface area contributed by atoms with Crippen LogP contribution in [0.1, 0.15) is 33.6 Å². The lowest BCUT2D eigenvalue weighted by molar-refractivity contribution is -0.129. The minimum atomic E-state index is 0.192. The summed E-state index contributed by atoms with van der Waals surface area (Å²) in [5.41, 5.74) is 2.45. The van der Waals surface area contributed by atoms with Crippen LogP contribution < -0.4 is 10.2 Å². The molecule has 0 saturated carbocycles. The molecule has 1 saturated heterocycles. The van der Waals surface area contributed by atoms with Crippen molar-refractivity contribution < 1.29 is 4.79 Å². The molecule has 0 unspecified atom stereocenters. The highest BCUT2D eigenvalue weighted by Crippen LogP contribution is 2.20. The summed E-state index contributed by atoms with van der Waals surface area (Å²) in [4.78, 5) is 15.6. The molecule has 1 N–H and O–H groups in total. The Morgan fingerprint density at radius 3 is 2.24 bits per heavy atom. The fourth-order valence-corrected chi connectivity index (χ4v) is 2.93. The first-order chi connectivity index (χ1) is 10.1. The maximum Gasteiger partial charge on any atom is 0.219 e. The third kappa shape index (κ3) is 4.13. The SMILES string of the molecule is CCN(CC)c1ccc(NC2CCN(C(C)=O)CC2)cc1. The molecule has 0 aromatic heterocycles. The van der Waals surface area contributed by atoms with E-state index in [1.165, 1.54) is 11.4 Å². The van der Waals surface area contributed by atoms with Gasteiger partial charge in [-0.2, -0.15) is 0 Å². The molecule has 1 amide bonds. The van der Waals surface area contributed by atoms with Crippen molar-refractivity contribution >= 4 is 17.3 Å². The predicted molar refractivity (Wildman–Crippen MR) is 88.9 cm³/mol. The summed E-state index contributed by atoms with van der Waals surface area (Å²) < 4.78 is 0. The Balaban J connectivity index is 1.88. The van der Waals surface area contributed by atoms with E-state index < -0.39 is 0 Å². The molecule has 116 valence electrons. The summed E-state index contributed by atoms with van der Waals surface area (Å²) >= 11 is 0. The van der Waals surface area contributed by atoms with Gasteiger partial charge in [-0.15, -0.1) is 0 Å². The Morgan fingerprint density at radius 1 is 1.19 bits per heavy atom. The number of likely N-dealkylation sites (tertiary alicyclic amines) is 1. The van der Waals surface area contributed by atoms with Gasteiger partial charge in [0.05, 0.1) is 0 Å². The number of hydrogen-bond acceptors (Lipinski definition) is 3. The first-order valence-corrected chi connectivity index (χ1v) is 8.01. The van der Waals surface area contributed by atoms with E-state index in [1.807, 2.05) is 4.90 Å². The molecule has 2 rings (SSSR count). The van der Waals surface area contributed by atoms with Gasteiger partial charge in [0, 0.05) is 50.5 Å². The van der Waals surface area contributed by atoms with Crippen molar-refractivity contribution in [2.45, 2.75) is 39.7 Å². The third-order valence-electron chi connectivity index (χ3n) is 4.31. The number of anilines is 2. The zero-order valence-corrected chi connectivity index (χ0v) is 13.4. The Labute approximate surface area is 128 Å². The molecule has 0 bridgehead atoms. The number of benzene rings is 1. The lowest BCUT2D eigenvalue weighted by Crippen LogP contribution is -2.41.